The van der Waals surface area contributed by atoms with Gasteiger partial charge in [0.15, 0.2) is 0 Å². The highest BCUT2D eigenvalue weighted by Crippen LogP contribution is 2.16. The third-order valence-corrected chi connectivity index (χ3v) is 2.19. The zero-order valence-corrected chi connectivity index (χ0v) is 9.33. The van der Waals surface area contributed by atoms with Crippen molar-refractivity contribution in [2.75, 3.05) is 19.0 Å². The Morgan fingerprint density at radius 3 is 3.00 bits per heavy atom. The van der Waals surface area contributed by atoms with Crippen LogP contribution in [0.4, 0.5) is 5.69 Å². The fourth-order valence-corrected chi connectivity index (χ4v) is 1.32. The van der Waals surface area contributed by atoms with Crippen LogP contribution < -0.4 is 10.1 Å². The Kier molecular flexibility index (Phi) is 5.38. The van der Waals surface area contributed by atoms with Crippen molar-refractivity contribution < 1.29 is 4.74 Å². The monoisotopic (exact) mass is 205 g/mol. The quantitative estimate of drug-likeness (QED) is 0.543. The molecule has 2 nitrogen and oxygen atoms in total. The summed E-state index contributed by atoms with van der Waals surface area (Å²) >= 11 is 0. The number of anilines is 1. The van der Waals surface area contributed by atoms with E-state index in [1.165, 1.54) is 0 Å². The highest BCUT2D eigenvalue weighted by Gasteiger charge is 1.94. The molecule has 1 rings (SSSR count). The van der Waals surface area contributed by atoms with Crippen molar-refractivity contribution in [1.82, 2.24) is 0 Å². The molecule has 0 aliphatic heterocycles. The highest BCUT2D eigenvalue weighted by molar-refractivity contribution is 5.47. The van der Waals surface area contributed by atoms with Gasteiger partial charge in [-0.2, -0.15) is 0 Å². The van der Waals surface area contributed by atoms with Gasteiger partial charge in [0.25, 0.3) is 0 Å². The SMILES string of the molecule is C=CCCCCOc1cccc(NC)c1. The van der Waals surface area contributed by atoms with Gasteiger partial charge in [0, 0.05) is 18.8 Å². The van der Waals surface area contributed by atoms with Crippen molar-refractivity contribution in [2.45, 2.75) is 19.3 Å². The first kappa shape index (κ1) is 11.6. The van der Waals surface area contributed by atoms with E-state index in [0.29, 0.717) is 0 Å². The lowest BCUT2D eigenvalue weighted by Crippen LogP contribution is -1.97. The van der Waals surface area contributed by atoms with Crippen LogP contribution in [0.25, 0.3) is 0 Å². The molecule has 0 spiro atoms. The van der Waals surface area contributed by atoms with Gasteiger partial charge >= 0.3 is 0 Å². The normalized spacial score (nSPS) is 9.67. The van der Waals surface area contributed by atoms with Crippen molar-refractivity contribution in [3.05, 3.63) is 36.9 Å². The van der Waals surface area contributed by atoms with E-state index in [1.807, 2.05) is 37.4 Å². The summed E-state index contributed by atoms with van der Waals surface area (Å²) in [6, 6.07) is 8.00. The second kappa shape index (κ2) is 6.93. The maximum absolute atomic E-state index is 5.62. The highest BCUT2D eigenvalue weighted by atomic mass is 16.5. The van der Waals surface area contributed by atoms with E-state index in [9.17, 15) is 0 Å². The molecule has 0 bridgehead atoms. The lowest BCUT2D eigenvalue weighted by Gasteiger charge is -2.07. The molecule has 0 amide bonds. The van der Waals surface area contributed by atoms with Gasteiger partial charge in [-0.05, 0) is 31.4 Å². The van der Waals surface area contributed by atoms with Crippen LogP contribution in [0, 0.1) is 0 Å². The van der Waals surface area contributed by atoms with Crippen LogP contribution in [0.1, 0.15) is 19.3 Å². The Morgan fingerprint density at radius 1 is 1.40 bits per heavy atom. The topological polar surface area (TPSA) is 21.3 Å². The Morgan fingerprint density at radius 2 is 2.27 bits per heavy atom. The van der Waals surface area contributed by atoms with Crippen molar-refractivity contribution >= 4 is 5.69 Å². The summed E-state index contributed by atoms with van der Waals surface area (Å²) in [5.41, 5.74) is 1.08. The Bertz CT molecular complexity index is 296. The molecule has 1 N–H and O–H groups in total. The van der Waals surface area contributed by atoms with Gasteiger partial charge in [0.05, 0.1) is 6.61 Å². The second-order valence-corrected chi connectivity index (χ2v) is 3.41. The fourth-order valence-electron chi connectivity index (χ4n) is 1.32. The molecule has 0 aliphatic rings. The molecule has 82 valence electrons. The molecule has 0 fully saturated rings. The minimum atomic E-state index is 0.779. The standard InChI is InChI=1S/C13H19NO/c1-3-4-5-6-10-15-13-9-7-8-12(11-13)14-2/h3,7-9,11,14H,1,4-6,10H2,2H3. The van der Waals surface area contributed by atoms with Crippen molar-refractivity contribution in [1.29, 1.82) is 0 Å². The minimum absolute atomic E-state index is 0.779. The summed E-state index contributed by atoms with van der Waals surface area (Å²) in [7, 11) is 1.91. The number of rotatable bonds is 7. The molecule has 2 heteroatoms. The molecule has 0 aromatic heterocycles. The molecule has 1 aromatic carbocycles. The van der Waals surface area contributed by atoms with E-state index in [-0.39, 0.29) is 0 Å². The molecular formula is C13H19NO. The van der Waals surface area contributed by atoms with Crippen LogP contribution in [0.5, 0.6) is 5.75 Å². The molecule has 0 aliphatic carbocycles. The lowest BCUT2D eigenvalue weighted by atomic mass is 10.2. The molecule has 0 unspecified atom stereocenters. The first-order valence-corrected chi connectivity index (χ1v) is 5.38. The molecule has 15 heavy (non-hydrogen) atoms. The number of hydrogen-bond donors (Lipinski definition) is 1. The van der Waals surface area contributed by atoms with E-state index in [0.717, 1.165) is 37.3 Å². The summed E-state index contributed by atoms with van der Waals surface area (Å²) in [6.07, 6.45) is 5.24. The van der Waals surface area contributed by atoms with Crippen LogP contribution in [0.15, 0.2) is 36.9 Å². The number of ether oxygens (including phenoxy) is 1. The van der Waals surface area contributed by atoms with E-state index >= 15 is 0 Å². The predicted octanol–water partition coefficient (Wildman–Crippen LogP) is 3.46. The molecule has 0 heterocycles. The van der Waals surface area contributed by atoms with E-state index in [4.69, 9.17) is 4.74 Å². The zero-order valence-electron chi connectivity index (χ0n) is 9.33. The fraction of sp³-hybridized carbons (Fsp3) is 0.385. The molecular weight excluding hydrogens is 186 g/mol. The van der Waals surface area contributed by atoms with Gasteiger partial charge in [-0.3, -0.25) is 0 Å². The summed E-state index contributed by atoms with van der Waals surface area (Å²) < 4.78 is 5.62. The molecule has 1 aromatic rings. The molecule has 0 radical (unpaired) electrons. The average molecular weight is 205 g/mol. The third kappa shape index (κ3) is 4.54. The number of allylic oxidation sites excluding steroid dienone is 1. The van der Waals surface area contributed by atoms with Crippen LogP contribution in [-0.4, -0.2) is 13.7 Å². The summed E-state index contributed by atoms with van der Waals surface area (Å²) in [4.78, 5) is 0. The van der Waals surface area contributed by atoms with Gasteiger partial charge in [-0.15, -0.1) is 6.58 Å². The van der Waals surface area contributed by atoms with Crippen LogP contribution >= 0.6 is 0 Å². The van der Waals surface area contributed by atoms with Gasteiger partial charge < -0.3 is 10.1 Å². The van der Waals surface area contributed by atoms with Crippen LogP contribution in [0.2, 0.25) is 0 Å². The smallest absolute Gasteiger partial charge is 0.121 e. The van der Waals surface area contributed by atoms with Gasteiger partial charge in [-0.25, -0.2) is 0 Å². The number of benzene rings is 1. The Hall–Kier alpha value is -1.44. The number of unbranched alkanes of at least 4 members (excludes halogenated alkanes) is 2. The summed E-state index contributed by atoms with van der Waals surface area (Å²) in [5, 5.41) is 3.08. The van der Waals surface area contributed by atoms with Crippen LogP contribution in [0.3, 0.4) is 0 Å². The van der Waals surface area contributed by atoms with Crippen molar-refractivity contribution in [2.24, 2.45) is 0 Å². The van der Waals surface area contributed by atoms with Crippen LogP contribution in [-0.2, 0) is 0 Å². The zero-order chi connectivity index (χ0) is 10.9. The first-order chi connectivity index (χ1) is 7.36. The second-order valence-electron chi connectivity index (χ2n) is 3.41. The third-order valence-electron chi connectivity index (χ3n) is 2.19. The Balaban J connectivity index is 2.27. The average Bonchev–Trinajstić information content (AvgIpc) is 2.29. The van der Waals surface area contributed by atoms with Crippen molar-refractivity contribution in [3.63, 3.8) is 0 Å². The maximum Gasteiger partial charge on any atom is 0.121 e. The minimum Gasteiger partial charge on any atom is -0.494 e. The summed E-state index contributed by atoms with van der Waals surface area (Å²) in [6.45, 7) is 4.47. The molecule has 0 atom stereocenters. The van der Waals surface area contributed by atoms with E-state index in [1.54, 1.807) is 0 Å². The van der Waals surface area contributed by atoms with Gasteiger partial charge in [0.1, 0.15) is 5.75 Å². The molecule has 0 saturated heterocycles. The van der Waals surface area contributed by atoms with Gasteiger partial charge in [0.2, 0.25) is 0 Å². The largest absolute Gasteiger partial charge is 0.494 e. The summed E-state index contributed by atoms with van der Waals surface area (Å²) in [5.74, 6) is 0.931. The predicted molar refractivity (Wildman–Crippen MR) is 65.5 cm³/mol. The molecule has 0 saturated carbocycles. The number of hydrogen-bond acceptors (Lipinski definition) is 2. The van der Waals surface area contributed by atoms with Crippen molar-refractivity contribution in [3.8, 4) is 5.75 Å². The van der Waals surface area contributed by atoms with E-state index in [2.05, 4.69) is 11.9 Å². The maximum atomic E-state index is 5.62. The Labute approximate surface area is 92.0 Å². The first-order valence-electron chi connectivity index (χ1n) is 5.38. The lowest BCUT2D eigenvalue weighted by molar-refractivity contribution is 0.307. The van der Waals surface area contributed by atoms with E-state index < -0.39 is 0 Å². The van der Waals surface area contributed by atoms with Gasteiger partial charge in [-0.1, -0.05) is 12.1 Å². The number of nitrogens with one attached hydrogen (secondary N) is 1.